The summed E-state index contributed by atoms with van der Waals surface area (Å²) in [5.41, 5.74) is 2.52. The molecule has 0 unspecified atom stereocenters. The van der Waals surface area contributed by atoms with Gasteiger partial charge in [-0.25, -0.2) is 8.42 Å². The summed E-state index contributed by atoms with van der Waals surface area (Å²) in [4.78, 5) is 12.3. The highest BCUT2D eigenvalue weighted by Gasteiger charge is 2.24. The Kier molecular flexibility index (Phi) is 8.88. The van der Waals surface area contributed by atoms with Crippen LogP contribution in [0.1, 0.15) is 37.3 Å². The number of hydrogen-bond donors (Lipinski definition) is 1. The van der Waals surface area contributed by atoms with Crippen molar-refractivity contribution in [2.24, 2.45) is 0 Å². The number of benzene rings is 2. The fourth-order valence-electron chi connectivity index (χ4n) is 3.09. The molecular weight excluding hydrogens is 416 g/mol. The molecule has 2 aromatic carbocycles. The van der Waals surface area contributed by atoms with Gasteiger partial charge in [-0.05, 0) is 42.0 Å². The number of rotatable bonds is 11. The Morgan fingerprint density at radius 2 is 1.68 bits per heavy atom. The number of nitrogens with zero attached hydrogens (tertiary/aromatic N) is 1. The fourth-order valence-corrected chi connectivity index (χ4v) is 4.23. The Bertz CT molecular complexity index is 972. The lowest BCUT2D eigenvalue weighted by Gasteiger charge is -2.18. The molecule has 0 saturated heterocycles. The first-order chi connectivity index (χ1) is 14.7. The average molecular weight is 449 g/mol. The van der Waals surface area contributed by atoms with Gasteiger partial charge in [-0.2, -0.15) is 4.31 Å². The van der Waals surface area contributed by atoms with Crippen LogP contribution >= 0.6 is 0 Å². The minimum atomic E-state index is -3.84. The van der Waals surface area contributed by atoms with E-state index in [9.17, 15) is 13.2 Å². The van der Waals surface area contributed by atoms with Gasteiger partial charge in [0.15, 0.2) is 11.5 Å². The van der Waals surface area contributed by atoms with Crippen LogP contribution in [-0.2, 0) is 21.2 Å². The maximum absolute atomic E-state index is 12.8. The van der Waals surface area contributed by atoms with Crippen LogP contribution in [0.3, 0.4) is 0 Å². The molecule has 0 aliphatic carbocycles. The van der Waals surface area contributed by atoms with Crippen molar-refractivity contribution in [1.82, 2.24) is 9.62 Å². The van der Waals surface area contributed by atoms with Gasteiger partial charge in [0.25, 0.3) is 0 Å². The van der Waals surface area contributed by atoms with Crippen LogP contribution in [0.5, 0.6) is 11.5 Å². The average Bonchev–Trinajstić information content (AvgIpc) is 2.76. The Balaban J connectivity index is 1.85. The third-order valence-corrected chi connectivity index (χ3v) is 6.84. The zero-order chi connectivity index (χ0) is 23.0. The van der Waals surface area contributed by atoms with Crippen molar-refractivity contribution in [2.75, 3.05) is 34.4 Å². The molecule has 0 spiro atoms. The van der Waals surface area contributed by atoms with Gasteiger partial charge in [0, 0.05) is 19.7 Å². The standard InChI is InChI=1S/C23H32N2O5S/c1-17(2)19-10-8-18(9-11-19)7-6-14-24-23(26)16-25(3)31(27,28)20-12-13-21(29-4)22(15-20)30-5/h8-13,15,17H,6-7,14,16H2,1-5H3,(H,24,26). The van der Waals surface area contributed by atoms with Crippen LogP contribution in [0.25, 0.3) is 0 Å². The number of methoxy groups -OCH3 is 2. The summed E-state index contributed by atoms with van der Waals surface area (Å²) >= 11 is 0. The number of nitrogens with one attached hydrogen (secondary N) is 1. The normalized spacial score (nSPS) is 11.6. The van der Waals surface area contributed by atoms with E-state index in [4.69, 9.17) is 9.47 Å². The van der Waals surface area contributed by atoms with Crippen LogP contribution in [0.2, 0.25) is 0 Å². The Labute approximate surface area is 185 Å². The van der Waals surface area contributed by atoms with Crippen molar-refractivity contribution in [3.8, 4) is 11.5 Å². The number of carbonyl (C=O) groups excluding carboxylic acids is 1. The second kappa shape index (κ2) is 11.2. The lowest BCUT2D eigenvalue weighted by Crippen LogP contribution is -2.38. The van der Waals surface area contributed by atoms with Crippen molar-refractivity contribution in [3.05, 3.63) is 53.6 Å². The molecule has 31 heavy (non-hydrogen) atoms. The number of amides is 1. The molecular formula is C23H32N2O5S. The highest BCUT2D eigenvalue weighted by molar-refractivity contribution is 7.89. The van der Waals surface area contributed by atoms with E-state index in [1.165, 1.54) is 50.6 Å². The van der Waals surface area contributed by atoms with Crippen LogP contribution in [0, 0.1) is 0 Å². The molecule has 1 N–H and O–H groups in total. The second-order valence-electron chi connectivity index (χ2n) is 7.63. The second-order valence-corrected chi connectivity index (χ2v) is 9.67. The molecule has 170 valence electrons. The molecule has 0 bridgehead atoms. The minimum Gasteiger partial charge on any atom is -0.493 e. The van der Waals surface area contributed by atoms with Gasteiger partial charge in [-0.3, -0.25) is 4.79 Å². The monoisotopic (exact) mass is 448 g/mol. The van der Waals surface area contributed by atoms with E-state index in [0.29, 0.717) is 24.0 Å². The van der Waals surface area contributed by atoms with Gasteiger partial charge < -0.3 is 14.8 Å². The molecule has 1 amide bonds. The van der Waals surface area contributed by atoms with Crippen LogP contribution in [0.4, 0.5) is 0 Å². The smallest absolute Gasteiger partial charge is 0.243 e. The van der Waals surface area contributed by atoms with E-state index in [2.05, 4.69) is 43.4 Å². The summed E-state index contributed by atoms with van der Waals surface area (Å²) in [6.07, 6.45) is 1.62. The maximum Gasteiger partial charge on any atom is 0.243 e. The van der Waals surface area contributed by atoms with Crippen molar-refractivity contribution >= 4 is 15.9 Å². The molecule has 7 nitrogen and oxygen atoms in total. The van der Waals surface area contributed by atoms with E-state index < -0.39 is 10.0 Å². The predicted octanol–water partition coefficient (Wildman–Crippen LogP) is 3.20. The zero-order valence-corrected chi connectivity index (χ0v) is 19.7. The Morgan fingerprint density at radius 1 is 1.03 bits per heavy atom. The number of aryl methyl sites for hydroxylation is 1. The minimum absolute atomic E-state index is 0.0327. The predicted molar refractivity (Wildman–Crippen MR) is 121 cm³/mol. The summed E-state index contributed by atoms with van der Waals surface area (Å²) < 4.78 is 36.9. The van der Waals surface area contributed by atoms with E-state index in [-0.39, 0.29) is 17.3 Å². The van der Waals surface area contributed by atoms with E-state index >= 15 is 0 Å². The van der Waals surface area contributed by atoms with Crippen molar-refractivity contribution in [3.63, 3.8) is 0 Å². The number of likely N-dealkylation sites (N-methyl/N-ethyl adjacent to an activating group) is 1. The molecule has 2 aromatic rings. The molecule has 2 rings (SSSR count). The summed E-state index contributed by atoms with van der Waals surface area (Å²) in [7, 11) is 0.447. The largest absolute Gasteiger partial charge is 0.493 e. The molecule has 0 saturated carbocycles. The van der Waals surface area contributed by atoms with Crippen LogP contribution in [-0.4, -0.2) is 53.0 Å². The molecule has 0 fully saturated rings. The number of hydrogen-bond acceptors (Lipinski definition) is 5. The maximum atomic E-state index is 12.8. The van der Waals surface area contributed by atoms with Gasteiger partial charge in [-0.1, -0.05) is 38.1 Å². The van der Waals surface area contributed by atoms with Gasteiger partial charge in [0.05, 0.1) is 25.7 Å². The van der Waals surface area contributed by atoms with Crippen LogP contribution in [0.15, 0.2) is 47.4 Å². The quantitative estimate of drug-likeness (QED) is 0.534. The van der Waals surface area contributed by atoms with Gasteiger partial charge in [-0.15, -0.1) is 0 Å². The van der Waals surface area contributed by atoms with E-state index in [0.717, 1.165) is 17.1 Å². The molecule has 0 aliphatic rings. The first-order valence-corrected chi connectivity index (χ1v) is 11.7. The summed E-state index contributed by atoms with van der Waals surface area (Å²) in [6.45, 7) is 4.54. The zero-order valence-electron chi connectivity index (χ0n) is 18.8. The van der Waals surface area contributed by atoms with E-state index in [1.54, 1.807) is 0 Å². The van der Waals surface area contributed by atoms with Crippen molar-refractivity contribution in [2.45, 2.75) is 37.5 Å². The third-order valence-electron chi connectivity index (χ3n) is 5.04. The van der Waals surface area contributed by atoms with Crippen molar-refractivity contribution < 1.29 is 22.7 Å². The van der Waals surface area contributed by atoms with Crippen molar-refractivity contribution in [1.29, 1.82) is 0 Å². The number of ether oxygens (including phenoxy) is 2. The highest BCUT2D eigenvalue weighted by Crippen LogP contribution is 2.30. The summed E-state index contributed by atoms with van der Waals surface area (Å²) in [5, 5.41) is 2.79. The van der Waals surface area contributed by atoms with Gasteiger partial charge >= 0.3 is 0 Å². The molecule has 0 heterocycles. The summed E-state index contributed by atoms with van der Waals surface area (Å²) in [6, 6.07) is 12.8. The number of carbonyl (C=O) groups is 1. The first kappa shape index (κ1) is 24.7. The lowest BCUT2D eigenvalue weighted by atomic mass is 10.0. The fraction of sp³-hybridized carbons (Fsp3) is 0.435. The topological polar surface area (TPSA) is 84.9 Å². The highest BCUT2D eigenvalue weighted by atomic mass is 32.2. The molecule has 0 aliphatic heterocycles. The molecule has 8 heteroatoms. The van der Waals surface area contributed by atoms with E-state index in [1.807, 2.05) is 0 Å². The molecule has 0 radical (unpaired) electrons. The Morgan fingerprint density at radius 3 is 2.26 bits per heavy atom. The van der Waals surface area contributed by atoms with Gasteiger partial charge in [0.2, 0.25) is 15.9 Å². The third kappa shape index (κ3) is 6.70. The Hall–Kier alpha value is -2.58. The summed E-state index contributed by atoms with van der Waals surface area (Å²) in [5.74, 6) is 0.894. The van der Waals surface area contributed by atoms with Crippen LogP contribution < -0.4 is 14.8 Å². The number of sulfonamides is 1. The first-order valence-electron chi connectivity index (χ1n) is 10.2. The molecule has 0 atom stereocenters. The van der Waals surface area contributed by atoms with Gasteiger partial charge in [0.1, 0.15) is 0 Å². The molecule has 0 aromatic heterocycles. The SMILES string of the molecule is COc1ccc(S(=O)(=O)N(C)CC(=O)NCCCc2ccc(C(C)C)cc2)cc1OC. The lowest BCUT2D eigenvalue weighted by molar-refractivity contribution is -0.121.